The van der Waals surface area contributed by atoms with Crippen LogP contribution in [0.2, 0.25) is 0 Å². The number of rotatable bonds is 4. The number of carboxylic acids is 1. The van der Waals surface area contributed by atoms with E-state index in [1.54, 1.807) is 0 Å². The van der Waals surface area contributed by atoms with Gasteiger partial charge in [-0.05, 0) is 18.1 Å². The minimum absolute atomic E-state index is 0.0794. The van der Waals surface area contributed by atoms with Gasteiger partial charge >= 0.3 is 5.97 Å². The second-order valence-corrected chi connectivity index (χ2v) is 4.47. The largest absolute Gasteiger partial charge is 0.481 e. The number of benzene rings is 2. The Labute approximate surface area is 107 Å². The van der Waals surface area contributed by atoms with Gasteiger partial charge in [0.05, 0.1) is 6.42 Å². The fourth-order valence-electron chi connectivity index (χ4n) is 2.09. The van der Waals surface area contributed by atoms with Gasteiger partial charge in [-0.15, -0.1) is 0 Å². The van der Waals surface area contributed by atoms with Crippen LogP contribution in [0.4, 0.5) is 0 Å². The van der Waals surface area contributed by atoms with Crippen LogP contribution in [0.5, 0.6) is 0 Å². The summed E-state index contributed by atoms with van der Waals surface area (Å²) in [4.78, 5) is 11.0. The van der Waals surface area contributed by atoms with Gasteiger partial charge in [-0.3, -0.25) is 4.79 Å². The summed E-state index contributed by atoms with van der Waals surface area (Å²) in [6.07, 6.45) is 0.118. The van der Waals surface area contributed by atoms with Gasteiger partial charge in [-0.1, -0.05) is 60.2 Å². The molecule has 2 heteroatoms. The first-order chi connectivity index (χ1) is 8.66. The van der Waals surface area contributed by atoms with Crippen LogP contribution in [0, 0.1) is 6.92 Å². The van der Waals surface area contributed by atoms with Crippen molar-refractivity contribution in [3.8, 4) is 0 Å². The topological polar surface area (TPSA) is 37.3 Å². The van der Waals surface area contributed by atoms with E-state index in [2.05, 4.69) is 0 Å². The molecule has 1 atom stereocenters. The van der Waals surface area contributed by atoms with Crippen molar-refractivity contribution < 1.29 is 9.90 Å². The lowest BCUT2D eigenvalue weighted by Gasteiger charge is -2.16. The first-order valence-electron chi connectivity index (χ1n) is 6.00. The number of aliphatic carboxylic acids is 1. The van der Waals surface area contributed by atoms with E-state index in [4.69, 9.17) is 5.11 Å². The zero-order chi connectivity index (χ0) is 13.0. The summed E-state index contributed by atoms with van der Waals surface area (Å²) >= 11 is 0. The number of carbonyl (C=O) groups is 1. The van der Waals surface area contributed by atoms with Crippen molar-refractivity contribution in [2.45, 2.75) is 19.3 Å². The lowest BCUT2D eigenvalue weighted by molar-refractivity contribution is -0.137. The van der Waals surface area contributed by atoms with Crippen LogP contribution in [0.1, 0.15) is 29.0 Å². The monoisotopic (exact) mass is 240 g/mol. The van der Waals surface area contributed by atoms with Gasteiger partial charge in [-0.2, -0.15) is 0 Å². The summed E-state index contributed by atoms with van der Waals surface area (Å²) in [5.41, 5.74) is 3.28. The zero-order valence-electron chi connectivity index (χ0n) is 10.3. The highest BCUT2D eigenvalue weighted by atomic mass is 16.4. The molecule has 92 valence electrons. The maximum absolute atomic E-state index is 11.0. The highest BCUT2D eigenvalue weighted by Crippen LogP contribution is 2.28. The highest BCUT2D eigenvalue weighted by Gasteiger charge is 2.17. The van der Waals surface area contributed by atoms with Crippen molar-refractivity contribution in [2.75, 3.05) is 0 Å². The summed E-state index contributed by atoms with van der Waals surface area (Å²) < 4.78 is 0. The number of aryl methyl sites for hydroxylation is 1. The van der Waals surface area contributed by atoms with Crippen molar-refractivity contribution in [1.29, 1.82) is 0 Å². The minimum atomic E-state index is -0.774. The quantitative estimate of drug-likeness (QED) is 0.886. The molecule has 2 nitrogen and oxygen atoms in total. The van der Waals surface area contributed by atoms with E-state index in [0.29, 0.717) is 0 Å². The smallest absolute Gasteiger partial charge is 0.304 e. The molecule has 2 rings (SSSR count). The molecule has 0 aliphatic rings. The molecule has 0 saturated carbocycles. The average molecular weight is 240 g/mol. The van der Waals surface area contributed by atoms with Crippen molar-refractivity contribution in [1.82, 2.24) is 0 Å². The van der Waals surface area contributed by atoms with Crippen molar-refractivity contribution in [2.24, 2.45) is 0 Å². The summed E-state index contributed by atoms with van der Waals surface area (Å²) in [7, 11) is 0. The van der Waals surface area contributed by atoms with Crippen LogP contribution in [0.25, 0.3) is 0 Å². The van der Waals surface area contributed by atoms with E-state index in [-0.39, 0.29) is 12.3 Å². The molecule has 2 aromatic rings. The first-order valence-corrected chi connectivity index (χ1v) is 6.00. The van der Waals surface area contributed by atoms with Gasteiger partial charge in [0, 0.05) is 5.92 Å². The fraction of sp³-hybridized carbons (Fsp3) is 0.188. The predicted octanol–water partition coefficient (Wildman–Crippen LogP) is 3.60. The SMILES string of the molecule is Cc1ccc([C@H](CC(=O)O)c2ccccc2)cc1. The number of hydrogen-bond donors (Lipinski definition) is 1. The maximum Gasteiger partial charge on any atom is 0.304 e. The van der Waals surface area contributed by atoms with Gasteiger partial charge in [0.2, 0.25) is 0 Å². The molecule has 18 heavy (non-hydrogen) atoms. The molecule has 0 aliphatic carbocycles. The molecular formula is C16H16O2. The summed E-state index contributed by atoms with van der Waals surface area (Å²) in [5.74, 6) is -0.853. The lowest BCUT2D eigenvalue weighted by atomic mass is 9.88. The number of hydrogen-bond acceptors (Lipinski definition) is 1. The Morgan fingerprint density at radius 1 is 1.00 bits per heavy atom. The Bertz CT molecular complexity index is 515. The van der Waals surface area contributed by atoms with Crippen LogP contribution >= 0.6 is 0 Å². The maximum atomic E-state index is 11.0. The molecule has 0 radical (unpaired) electrons. The third-order valence-electron chi connectivity index (χ3n) is 3.06. The van der Waals surface area contributed by atoms with Crippen LogP contribution in [0.15, 0.2) is 54.6 Å². The van der Waals surface area contributed by atoms with Gasteiger partial charge in [-0.25, -0.2) is 0 Å². The van der Waals surface area contributed by atoms with Crippen LogP contribution < -0.4 is 0 Å². The van der Waals surface area contributed by atoms with Gasteiger partial charge in [0.25, 0.3) is 0 Å². The molecular weight excluding hydrogens is 224 g/mol. The summed E-state index contributed by atoms with van der Waals surface area (Å²) in [5, 5.41) is 9.06. The Balaban J connectivity index is 2.36. The Kier molecular flexibility index (Phi) is 3.78. The van der Waals surface area contributed by atoms with Crippen molar-refractivity contribution in [3.63, 3.8) is 0 Å². The van der Waals surface area contributed by atoms with Crippen LogP contribution in [-0.2, 0) is 4.79 Å². The van der Waals surface area contributed by atoms with Crippen LogP contribution in [0.3, 0.4) is 0 Å². The third kappa shape index (κ3) is 2.98. The molecule has 0 aliphatic heterocycles. The molecule has 0 fully saturated rings. The summed E-state index contributed by atoms with van der Waals surface area (Å²) in [6, 6.07) is 17.8. The highest BCUT2D eigenvalue weighted by molar-refractivity contribution is 5.69. The molecule has 0 unspecified atom stereocenters. The third-order valence-corrected chi connectivity index (χ3v) is 3.06. The lowest BCUT2D eigenvalue weighted by Crippen LogP contribution is -2.07. The molecule has 0 amide bonds. The van der Waals surface area contributed by atoms with Gasteiger partial charge in [0.1, 0.15) is 0 Å². The van der Waals surface area contributed by atoms with Crippen molar-refractivity contribution in [3.05, 3.63) is 71.3 Å². The van der Waals surface area contributed by atoms with E-state index in [1.165, 1.54) is 5.56 Å². The second-order valence-electron chi connectivity index (χ2n) is 4.47. The Morgan fingerprint density at radius 2 is 1.56 bits per heavy atom. The Morgan fingerprint density at radius 3 is 2.11 bits per heavy atom. The summed E-state index contributed by atoms with van der Waals surface area (Å²) in [6.45, 7) is 2.03. The molecule has 0 spiro atoms. The van der Waals surface area contributed by atoms with E-state index >= 15 is 0 Å². The average Bonchev–Trinajstić information content (AvgIpc) is 2.38. The Hall–Kier alpha value is -2.09. The zero-order valence-corrected chi connectivity index (χ0v) is 10.3. The van der Waals surface area contributed by atoms with E-state index in [9.17, 15) is 4.79 Å². The first kappa shape index (κ1) is 12.4. The number of carboxylic acid groups (broad SMARTS) is 1. The van der Waals surface area contributed by atoms with E-state index < -0.39 is 5.97 Å². The minimum Gasteiger partial charge on any atom is -0.481 e. The molecule has 0 bridgehead atoms. The predicted molar refractivity (Wildman–Crippen MR) is 71.7 cm³/mol. The molecule has 0 saturated heterocycles. The molecule has 1 N–H and O–H groups in total. The molecule has 0 aromatic heterocycles. The van der Waals surface area contributed by atoms with Gasteiger partial charge < -0.3 is 5.11 Å². The van der Waals surface area contributed by atoms with E-state index in [1.807, 2.05) is 61.5 Å². The molecule has 2 aromatic carbocycles. The van der Waals surface area contributed by atoms with E-state index in [0.717, 1.165) is 11.1 Å². The normalized spacial score (nSPS) is 12.1. The van der Waals surface area contributed by atoms with Crippen molar-refractivity contribution >= 4 is 5.97 Å². The second kappa shape index (κ2) is 5.50. The van der Waals surface area contributed by atoms with Crippen LogP contribution in [-0.4, -0.2) is 11.1 Å². The standard InChI is InChI=1S/C16H16O2/c1-12-7-9-14(10-8-12)15(11-16(17)18)13-5-3-2-4-6-13/h2-10,15H,11H2,1H3,(H,17,18)/t15-/m1/s1. The molecule has 0 heterocycles. The fourth-order valence-corrected chi connectivity index (χ4v) is 2.09. The van der Waals surface area contributed by atoms with Gasteiger partial charge in [0.15, 0.2) is 0 Å².